The summed E-state index contributed by atoms with van der Waals surface area (Å²) in [5.41, 5.74) is 8.02. The number of hydrogen-bond acceptors (Lipinski definition) is 5. The van der Waals surface area contributed by atoms with E-state index in [0.29, 0.717) is 13.2 Å². The van der Waals surface area contributed by atoms with E-state index < -0.39 is 6.04 Å². The van der Waals surface area contributed by atoms with Gasteiger partial charge < -0.3 is 26.0 Å². The zero-order valence-corrected chi connectivity index (χ0v) is 19.1. The highest BCUT2D eigenvalue weighted by atomic mass is 35.5. The van der Waals surface area contributed by atoms with Crippen LogP contribution in [0.3, 0.4) is 0 Å². The summed E-state index contributed by atoms with van der Waals surface area (Å²) >= 11 is 0. The molecule has 170 valence electrons. The van der Waals surface area contributed by atoms with Crippen LogP contribution in [0.25, 0.3) is 0 Å². The molecular weight excluding hydrogens is 427 g/mol. The van der Waals surface area contributed by atoms with E-state index in [9.17, 15) is 9.59 Å². The van der Waals surface area contributed by atoms with Gasteiger partial charge in [-0.1, -0.05) is 6.07 Å². The minimum absolute atomic E-state index is 0. The highest BCUT2D eigenvalue weighted by Gasteiger charge is 2.27. The van der Waals surface area contributed by atoms with Crippen molar-refractivity contribution in [1.29, 1.82) is 0 Å². The summed E-state index contributed by atoms with van der Waals surface area (Å²) < 4.78 is 5.32. The summed E-state index contributed by atoms with van der Waals surface area (Å²) in [6, 6.07) is 7.10. The Kier molecular flexibility index (Phi) is 11.5. The van der Waals surface area contributed by atoms with Crippen molar-refractivity contribution in [3.63, 3.8) is 0 Å². The van der Waals surface area contributed by atoms with E-state index in [2.05, 4.69) is 21.6 Å². The van der Waals surface area contributed by atoms with Crippen LogP contribution in [-0.4, -0.2) is 50.2 Å². The summed E-state index contributed by atoms with van der Waals surface area (Å²) in [5, 5.41) is 5.81. The first-order chi connectivity index (χ1) is 13.5. The van der Waals surface area contributed by atoms with Crippen molar-refractivity contribution in [1.82, 2.24) is 5.32 Å². The molecule has 2 atom stereocenters. The van der Waals surface area contributed by atoms with Crippen LogP contribution in [-0.2, 0) is 14.3 Å². The Balaban J connectivity index is 0.00000225. The van der Waals surface area contributed by atoms with Gasteiger partial charge in [0.1, 0.15) is 0 Å². The number of nitrogens with two attached hydrogens (primary N) is 1. The number of rotatable bonds is 7. The fraction of sp³-hybridized carbons (Fsp3) is 0.619. The van der Waals surface area contributed by atoms with Crippen LogP contribution in [0.1, 0.15) is 39.0 Å². The number of benzene rings is 1. The molecule has 1 aromatic carbocycles. The Labute approximate surface area is 191 Å². The molecule has 2 aliphatic rings. The van der Waals surface area contributed by atoms with Crippen LogP contribution in [0, 0.1) is 5.92 Å². The van der Waals surface area contributed by atoms with E-state index in [1.165, 1.54) is 12.8 Å². The van der Waals surface area contributed by atoms with Gasteiger partial charge in [-0.25, -0.2) is 0 Å². The van der Waals surface area contributed by atoms with Gasteiger partial charge >= 0.3 is 0 Å². The molecule has 2 amide bonds. The zero-order chi connectivity index (χ0) is 19.9. The van der Waals surface area contributed by atoms with E-state index in [1.807, 2.05) is 25.1 Å². The zero-order valence-electron chi connectivity index (χ0n) is 17.5. The number of carbonyl (C=O) groups is 2. The van der Waals surface area contributed by atoms with Gasteiger partial charge in [0.15, 0.2) is 0 Å². The van der Waals surface area contributed by atoms with E-state index >= 15 is 0 Å². The minimum atomic E-state index is -0.549. The van der Waals surface area contributed by atoms with E-state index in [1.54, 1.807) is 0 Å². The number of carbonyl (C=O) groups excluding carboxylic acids is 2. The second kappa shape index (κ2) is 13.0. The molecule has 0 spiro atoms. The third-order valence-electron chi connectivity index (χ3n) is 5.56. The van der Waals surface area contributed by atoms with Crippen molar-refractivity contribution in [2.45, 2.75) is 51.1 Å². The average Bonchev–Trinajstić information content (AvgIpc) is 3.23. The molecule has 2 heterocycles. The third kappa shape index (κ3) is 7.61. The maximum atomic E-state index is 12.4. The molecule has 2 saturated heterocycles. The van der Waals surface area contributed by atoms with Gasteiger partial charge in [-0.3, -0.25) is 9.59 Å². The van der Waals surface area contributed by atoms with Crippen molar-refractivity contribution >= 4 is 48.0 Å². The summed E-state index contributed by atoms with van der Waals surface area (Å²) in [5.74, 6) is -0.169. The van der Waals surface area contributed by atoms with Crippen molar-refractivity contribution in [3.05, 3.63) is 24.3 Å². The minimum Gasteiger partial charge on any atom is -0.381 e. The Morgan fingerprint density at radius 3 is 2.53 bits per heavy atom. The third-order valence-corrected chi connectivity index (χ3v) is 5.56. The van der Waals surface area contributed by atoms with Crippen LogP contribution in [0.4, 0.5) is 11.4 Å². The Hall–Kier alpha value is -1.54. The van der Waals surface area contributed by atoms with E-state index in [4.69, 9.17) is 10.5 Å². The largest absolute Gasteiger partial charge is 0.381 e. The Morgan fingerprint density at radius 2 is 1.87 bits per heavy atom. The van der Waals surface area contributed by atoms with Gasteiger partial charge in [-0.15, -0.1) is 24.8 Å². The van der Waals surface area contributed by atoms with Crippen LogP contribution in [0.2, 0.25) is 0 Å². The lowest BCUT2D eigenvalue weighted by Gasteiger charge is -2.27. The molecule has 0 aromatic heterocycles. The molecule has 0 radical (unpaired) electrons. The SMILES string of the molecule is CC(CC(=O)Nc1cccc(N2CCCC2)c1)NC(=O)C(N)C1CCOCC1.Cl.Cl. The molecule has 4 N–H and O–H groups in total. The highest BCUT2D eigenvalue weighted by Crippen LogP contribution is 2.23. The summed E-state index contributed by atoms with van der Waals surface area (Å²) in [4.78, 5) is 27.1. The van der Waals surface area contributed by atoms with Gasteiger partial charge in [0.2, 0.25) is 11.8 Å². The number of halogens is 2. The topological polar surface area (TPSA) is 96.7 Å². The second-order valence-corrected chi connectivity index (χ2v) is 7.88. The molecule has 0 bridgehead atoms. The van der Waals surface area contributed by atoms with Crippen molar-refractivity contribution in [3.8, 4) is 0 Å². The highest BCUT2D eigenvalue weighted by molar-refractivity contribution is 5.92. The first kappa shape index (κ1) is 26.5. The van der Waals surface area contributed by atoms with Crippen molar-refractivity contribution in [2.75, 3.05) is 36.5 Å². The predicted octanol–water partition coefficient (Wildman–Crippen LogP) is 2.72. The standard InChI is InChI=1S/C21H32N4O3.2ClH/c1-15(23-21(27)20(22)16-7-11-28-12-8-16)13-19(26)24-17-5-4-6-18(14-17)25-9-2-3-10-25;;/h4-6,14-16,20H,2-3,7-13,22H2,1H3,(H,23,27)(H,24,26);2*1H. The normalized spacial score (nSPS) is 18.5. The lowest BCUT2D eigenvalue weighted by molar-refractivity contribution is -0.125. The Bertz CT molecular complexity index is 680. The smallest absolute Gasteiger partial charge is 0.237 e. The monoisotopic (exact) mass is 460 g/mol. The summed E-state index contributed by atoms with van der Waals surface area (Å²) in [6.07, 6.45) is 4.24. The summed E-state index contributed by atoms with van der Waals surface area (Å²) in [6.45, 7) is 5.26. The molecular formula is C21H34Cl2N4O3. The number of hydrogen-bond donors (Lipinski definition) is 3. The van der Waals surface area contributed by atoms with Crippen LogP contribution >= 0.6 is 24.8 Å². The van der Waals surface area contributed by atoms with Gasteiger partial charge in [0.05, 0.1) is 6.04 Å². The number of ether oxygens (including phenoxy) is 1. The number of amides is 2. The van der Waals surface area contributed by atoms with Gasteiger partial charge in [-0.05, 0) is 56.7 Å². The molecule has 9 heteroatoms. The number of nitrogens with one attached hydrogen (secondary N) is 2. The fourth-order valence-electron chi connectivity index (χ4n) is 3.92. The van der Waals surface area contributed by atoms with Gasteiger partial charge in [0, 0.05) is 50.1 Å². The van der Waals surface area contributed by atoms with Crippen LogP contribution in [0.5, 0.6) is 0 Å². The molecule has 2 fully saturated rings. The quantitative estimate of drug-likeness (QED) is 0.580. The molecule has 2 unspecified atom stereocenters. The predicted molar refractivity (Wildman–Crippen MR) is 125 cm³/mol. The van der Waals surface area contributed by atoms with Crippen LogP contribution < -0.4 is 21.3 Å². The maximum Gasteiger partial charge on any atom is 0.237 e. The fourth-order valence-corrected chi connectivity index (χ4v) is 3.92. The van der Waals surface area contributed by atoms with Crippen LogP contribution in [0.15, 0.2) is 24.3 Å². The number of anilines is 2. The molecule has 1 aromatic rings. The molecule has 30 heavy (non-hydrogen) atoms. The first-order valence-electron chi connectivity index (χ1n) is 10.3. The first-order valence-corrected chi connectivity index (χ1v) is 10.3. The van der Waals surface area contributed by atoms with Gasteiger partial charge in [0.25, 0.3) is 0 Å². The molecule has 0 saturated carbocycles. The molecule has 2 aliphatic heterocycles. The van der Waals surface area contributed by atoms with E-state index in [0.717, 1.165) is 37.3 Å². The maximum absolute atomic E-state index is 12.4. The van der Waals surface area contributed by atoms with Gasteiger partial charge in [-0.2, -0.15) is 0 Å². The molecule has 0 aliphatic carbocycles. The lowest BCUT2D eigenvalue weighted by atomic mass is 9.91. The van der Waals surface area contributed by atoms with Crippen molar-refractivity contribution in [2.24, 2.45) is 11.7 Å². The molecule has 7 nitrogen and oxygen atoms in total. The van der Waals surface area contributed by atoms with Crippen molar-refractivity contribution < 1.29 is 14.3 Å². The Morgan fingerprint density at radius 1 is 1.20 bits per heavy atom. The lowest BCUT2D eigenvalue weighted by Crippen LogP contribution is -2.50. The number of nitrogens with zero attached hydrogens (tertiary/aromatic N) is 1. The average molecular weight is 461 g/mol. The summed E-state index contributed by atoms with van der Waals surface area (Å²) in [7, 11) is 0. The molecule has 3 rings (SSSR count). The second-order valence-electron chi connectivity index (χ2n) is 7.88. The van der Waals surface area contributed by atoms with E-state index in [-0.39, 0.29) is 55.0 Å².